The monoisotopic (exact) mass is 193 g/mol. The largest absolute Gasteiger partial charge is 0.381 e. The molecule has 5 nitrogen and oxygen atoms in total. The molecule has 5 heteroatoms. The van der Waals surface area contributed by atoms with Crippen molar-refractivity contribution in [3.05, 3.63) is 0 Å². The highest BCUT2D eigenvalue weighted by atomic mass is 17.1. The molecular formula is C8H19NO4. The lowest BCUT2D eigenvalue weighted by molar-refractivity contribution is -0.492. The minimum absolute atomic E-state index is 0.266. The second-order valence-corrected chi connectivity index (χ2v) is 2.76. The Labute approximate surface area is 78.7 Å². The second-order valence-electron chi connectivity index (χ2n) is 2.76. The zero-order valence-corrected chi connectivity index (χ0v) is 8.11. The lowest BCUT2D eigenvalue weighted by atomic mass is 10.3. The van der Waals surface area contributed by atoms with Gasteiger partial charge in [-0.2, -0.15) is 0 Å². The molecule has 0 heterocycles. The van der Waals surface area contributed by atoms with Crippen LogP contribution in [-0.2, 0) is 9.57 Å². The molecule has 0 spiro atoms. The lowest BCUT2D eigenvalue weighted by Crippen LogP contribution is -2.15. The molecule has 0 fully saturated rings. The van der Waals surface area contributed by atoms with Crippen LogP contribution in [0.5, 0.6) is 0 Å². The number of hydrogen-bond acceptors (Lipinski definition) is 5. The number of rotatable bonds is 9. The first-order valence-electron chi connectivity index (χ1n) is 4.66. The fourth-order valence-electron chi connectivity index (χ4n) is 0.801. The zero-order chi connectivity index (χ0) is 9.94. The summed E-state index contributed by atoms with van der Waals surface area (Å²) < 4.78 is 5.29. The minimum atomic E-state index is -0.266. The summed E-state index contributed by atoms with van der Waals surface area (Å²) in [6, 6.07) is 0. The van der Waals surface area contributed by atoms with Crippen molar-refractivity contribution in [2.75, 3.05) is 19.8 Å². The summed E-state index contributed by atoms with van der Waals surface area (Å²) in [6.07, 6.45) is 3.87. The van der Waals surface area contributed by atoms with Crippen LogP contribution >= 0.6 is 0 Å². The number of hydrogen-bond donors (Lipinski definition) is 2. The molecule has 13 heavy (non-hydrogen) atoms. The predicted octanol–water partition coefficient (Wildman–Crippen LogP) is 1.60. The summed E-state index contributed by atoms with van der Waals surface area (Å²) >= 11 is 0. The van der Waals surface area contributed by atoms with Gasteiger partial charge in [0.2, 0.25) is 0 Å². The van der Waals surface area contributed by atoms with Crippen LogP contribution < -0.4 is 0 Å². The average Bonchev–Trinajstić information content (AvgIpc) is 2.09. The normalized spacial score (nSPS) is 11.1. The zero-order valence-electron chi connectivity index (χ0n) is 8.11. The van der Waals surface area contributed by atoms with Crippen molar-refractivity contribution in [3.8, 4) is 0 Å². The van der Waals surface area contributed by atoms with E-state index >= 15 is 0 Å². The van der Waals surface area contributed by atoms with Gasteiger partial charge >= 0.3 is 0 Å². The maximum absolute atomic E-state index is 8.16. The van der Waals surface area contributed by atoms with Gasteiger partial charge in [0.1, 0.15) is 0 Å². The molecule has 80 valence electrons. The van der Waals surface area contributed by atoms with E-state index in [-0.39, 0.29) is 5.39 Å². The summed E-state index contributed by atoms with van der Waals surface area (Å²) in [5.41, 5.74) is 0. The molecule has 0 aromatic carbocycles. The van der Waals surface area contributed by atoms with E-state index in [1.165, 1.54) is 0 Å². The first-order valence-corrected chi connectivity index (χ1v) is 4.66. The van der Waals surface area contributed by atoms with Crippen molar-refractivity contribution in [1.82, 2.24) is 5.39 Å². The van der Waals surface area contributed by atoms with Gasteiger partial charge in [0.15, 0.2) is 0 Å². The van der Waals surface area contributed by atoms with Gasteiger partial charge in [-0.05, 0) is 19.3 Å². The fraction of sp³-hybridized carbons (Fsp3) is 1.00. The van der Waals surface area contributed by atoms with Crippen LogP contribution in [0.4, 0.5) is 0 Å². The molecule has 0 aliphatic rings. The van der Waals surface area contributed by atoms with Crippen LogP contribution in [0.1, 0.15) is 32.6 Å². The van der Waals surface area contributed by atoms with Crippen molar-refractivity contribution in [1.29, 1.82) is 0 Å². The molecular weight excluding hydrogens is 174 g/mol. The van der Waals surface area contributed by atoms with Gasteiger partial charge in [-0.3, -0.25) is 15.3 Å². The van der Waals surface area contributed by atoms with Crippen LogP contribution in [0.15, 0.2) is 0 Å². The van der Waals surface area contributed by atoms with E-state index < -0.39 is 0 Å². The van der Waals surface area contributed by atoms with E-state index in [4.69, 9.17) is 15.2 Å². The average molecular weight is 193 g/mol. The number of nitrogens with zero attached hydrogens (tertiary/aromatic N) is 1. The van der Waals surface area contributed by atoms with Gasteiger partial charge < -0.3 is 4.74 Å². The molecule has 0 amide bonds. The van der Waals surface area contributed by atoms with E-state index in [0.29, 0.717) is 13.2 Å². The highest BCUT2D eigenvalue weighted by Crippen LogP contribution is 1.94. The predicted molar refractivity (Wildman–Crippen MR) is 46.3 cm³/mol. The van der Waals surface area contributed by atoms with Gasteiger partial charge in [-0.25, -0.2) is 0 Å². The first kappa shape index (κ1) is 12.8. The van der Waals surface area contributed by atoms with Gasteiger partial charge in [0, 0.05) is 13.2 Å². The van der Waals surface area contributed by atoms with Crippen LogP contribution in [0.3, 0.4) is 0 Å². The Bertz CT molecular complexity index is 100. The van der Waals surface area contributed by atoms with Crippen molar-refractivity contribution in [2.45, 2.75) is 32.6 Å². The summed E-state index contributed by atoms with van der Waals surface area (Å²) in [6.45, 7) is 3.93. The Morgan fingerprint density at radius 3 is 2.23 bits per heavy atom. The van der Waals surface area contributed by atoms with Crippen molar-refractivity contribution in [2.24, 2.45) is 0 Å². The van der Waals surface area contributed by atoms with Gasteiger partial charge in [0.05, 0.1) is 12.0 Å². The fourth-order valence-corrected chi connectivity index (χ4v) is 0.801. The topological polar surface area (TPSA) is 62.2 Å². The van der Waals surface area contributed by atoms with Crippen LogP contribution in [-0.4, -0.2) is 35.6 Å². The molecule has 0 atom stereocenters. The maximum atomic E-state index is 8.16. The maximum Gasteiger partial charge on any atom is 0.0737 e. The Balaban J connectivity index is 2.84. The molecule has 0 radical (unpaired) electrons. The molecule has 0 aromatic rings. The van der Waals surface area contributed by atoms with Crippen molar-refractivity contribution in [3.63, 3.8) is 0 Å². The van der Waals surface area contributed by atoms with Crippen LogP contribution in [0, 0.1) is 0 Å². The molecule has 0 unspecified atom stereocenters. The molecule has 0 aliphatic heterocycles. The molecule has 0 aliphatic carbocycles. The molecule has 0 saturated heterocycles. The third-order valence-electron chi connectivity index (χ3n) is 1.53. The first-order chi connectivity index (χ1) is 6.27. The Hall–Kier alpha value is -0.200. The Morgan fingerprint density at radius 2 is 1.62 bits per heavy atom. The second kappa shape index (κ2) is 9.88. The SMILES string of the molecule is CCCCOCCCCON(O)O. The van der Waals surface area contributed by atoms with Crippen LogP contribution in [0.25, 0.3) is 0 Å². The molecule has 0 bridgehead atoms. The third-order valence-corrected chi connectivity index (χ3v) is 1.53. The summed E-state index contributed by atoms with van der Waals surface area (Å²) in [5, 5.41) is 16.1. The summed E-state index contributed by atoms with van der Waals surface area (Å²) in [7, 11) is 0. The van der Waals surface area contributed by atoms with Gasteiger partial charge in [-0.1, -0.05) is 13.3 Å². The highest BCUT2D eigenvalue weighted by molar-refractivity contribution is 4.37. The minimum Gasteiger partial charge on any atom is -0.381 e. The number of unbranched alkanes of at least 4 members (excludes halogenated alkanes) is 2. The Morgan fingerprint density at radius 1 is 1.00 bits per heavy atom. The van der Waals surface area contributed by atoms with E-state index in [0.717, 1.165) is 32.3 Å². The smallest absolute Gasteiger partial charge is 0.0737 e. The van der Waals surface area contributed by atoms with E-state index in [9.17, 15) is 0 Å². The third kappa shape index (κ3) is 11.8. The van der Waals surface area contributed by atoms with E-state index in [2.05, 4.69) is 11.8 Å². The van der Waals surface area contributed by atoms with Crippen LogP contribution in [0.2, 0.25) is 0 Å². The molecule has 0 rings (SSSR count). The van der Waals surface area contributed by atoms with E-state index in [1.807, 2.05) is 0 Å². The molecule has 0 saturated carbocycles. The molecule has 0 aromatic heterocycles. The standard InChI is InChI=1S/C8H19NO4/c1-2-3-6-12-7-4-5-8-13-9(10)11/h10-11H,2-8H2,1H3. The van der Waals surface area contributed by atoms with E-state index in [1.54, 1.807) is 0 Å². The highest BCUT2D eigenvalue weighted by Gasteiger charge is 1.94. The quantitative estimate of drug-likeness (QED) is 0.430. The van der Waals surface area contributed by atoms with Crippen molar-refractivity contribution >= 4 is 0 Å². The van der Waals surface area contributed by atoms with Crippen molar-refractivity contribution < 1.29 is 20.0 Å². The summed E-state index contributed by atoms with van der Waals surface area (Å²) in [5.74, 6) is 0. The van der Waals surface area contributed by atoms with Gasteiger partial charge in [-0.15, -0.1) is 0 Å². The summed E-state index contributed by atoms with van der Waals surface area (Å²) in [4.78, 5) is 4.36. The molecule has 2 N–H and O–H groups in total. The number of ether oxygens (including phenoxy) is 1. The van der Waals surface area contributed by atoms with Gasteiger partial charge in [0.25, 0.3) is 0 Å². The Kier molecular flexibility index (Phi) is 9.73. The lowest BCUT2D eigenvalue weighted by Gasteiger charge is -2.06.